The molecule has 0 aliphatic heterocycles. The molecule has 1 aliphatic carbocycles. The van der Waals surface area contributed by atoms with Crippen molar-refractivity contribution in [3.8, 4) is 6.07 Å². The molecule has 1 aliphatic rings. The van der Waals surface area contributed by atoms with Crippen molar-refractivity contribution in [2.45, 2.75) is 12.8 Å². The zero-order valence-electron chi connectivity index (χ0n) is 9.68. The quantitative estimate of drug-likeness (QED) is 0.702. The average Bonchev–Trinajstić information content (AvgIpc) is 2.57. The van der Waals surface area contributed by atoms with Crippen molar-refractivity contribution < 1.29 is 4.79 Å². The number of carbonyl (C=O) groups is 1. The van der Waals surface area contributed by atoms with Crippen molar-refractivity contribution in [1.82, 2.24) is 4.98 Å². The molecule has 0 N–H and O–H groups in total. The van der Waals surface area contributed by atoms with E-state index in [-0.39, 0.29) is 5.78 Å². The van der Waals surface area contributed by atoms with Gasteiger partial charge in [0.1, 0.15) is 5.69 Å². The van der Waals surface area contributed by atoms with Gasteiger partial charge in [0.25, 0.3) is 0 Å². The zero-order valence-corrected chi connectivity index (χ0v) is 9.68. The third-order valence-corrected chi connectivity index (χ3v) is 3.25. The number of nitrogens with zero attached hydrogens (tertiary/aromatic N) is 2. The lowest BCUT2D eigenvalue weighted by Crippen LogP contribution is -2.06. The van der Waals surface area contributed by atoms with E-state index in [1.807, 2.05) is 18.2 Å². The van der Waals surface area contributed by atoms with Crippen molar-refractivity contribution in [3.05, 3.63) is 64.5 Å². The standard InChI is InChI=1S/C15H10N2O/c16-9-10-3-4-11-5-6-12-2-1-7-17-14(12)15(18)13(11)8-10/h1-4,7-8H,5-6H2. The molecule has 86 valence electrons. The molecule has 3 rings (SSSR count). The van der Waals surface area contributed by atoms with Gasteiger partial charge >= 0.3 is 0 Å². The van der Waals surface area contributed by atoms with Crippen LogP contribution >= 0.6 is 0 Å². The number of rotatable bonds is 0. The third kappa shape index (κ3) is 1.59. The molecule has 0 saturated heterocycles. The fraction of sp³-hybridized carbons (Fsp3) is 0.133. The monoisotopic (exact) mass is 234 g/mol. The molecule has 0 radical (unpaired) electrons. The summed E-state index contributed by atoms with van der Waals surface area (Å²) in [5.74, 6) is -0.0739. The molecule has 0 saturated carbocycles. The number of hydrogen-bond acceptors (Lipinski definition) is 3. The van der Waals surface area contributed by atoms with Gasteiger partial charge in [0.05, 0.1) is 11.6 Å². The molecule has 18 heavy (non-hydrogen) atoms. The number of carbonyl (C=O) groups excluding carboxylic acids is 1. The molecule has 3 heteroatoms. The Morgan fingerprint density at radius 1 is 1.17 bits per heavy atom. The predicted molar refractivity (Wildman–Crippen MR) is 66.2 cm³/mol. The van der Waals surface area contributed by atoms with Crippen LogP contribution in [0.15, 0.2) is 36.5 Å². The summed E-state index contributed by atoms with van der Waals surface area (Å²) in [7, 11) is 0. The Balaban J connectivity index is 2.21. The summed E-state index contributed by atoms with van der Waals surface area (Å²) >= 11 is 0. The van der Waals surface area contributed by atoms with Gasteiger partial charge < -0.3 is 0 Å². The minimum Gasteiger partial charge on any atom is -0.287 e. The van der Waals surface area contributed by atoms with E-state index in [0.717, 1.165) is 24.0 Å². The fourth-order valence-corrected chi connectivity index (χ4v) is 2.32. The van der Waals surface area contributed by atoms with Crippen molar-refractivity contribution in [2.75, 3.05) is 0 Å². The van der Waals surface area contributed by atoms with Crippen LogP contribution in [0.5, 0.6) is 0 Å². The van der Waals surface area contributed by atoms with Gasteiger partial charge in [-0.3, -0.25) is 9.78 Å². The summed E-state index contributed by atoms with van der Waals surface area (Å²) in [5, 5.41) is 8.91. The van der Waals surface area contributed by atoms with Crippen LogP contribution in [0, 0.1) is 11.3 Å². The normalized spacial score (nSPS) is 13.2. The van der Waals surface area contributed by atoms with Crippen LogP contribution in [0.3, 0.4) is 0 Å². The second-order valence-corrected chi connectivity index (χ2v) is 4.32. The minimum atomic E-state index is -0.0739. The number of aromatic nitrogens is 1. The number of pyridine rings is 1. The van der Waals surface area contributed by atoms with E-state index in [4.69, 9.17) is 5.26 Å². The third-order valence-electron chi connectivity index (χ3n) is 3.25. The van der Waals surface area contributed by atoms with Gasteiger partial charge in [-0.05, 0) is 42.2 Å². The lowest BCUT2D eigenvalue weighted by atomic mass is 9.99. The molecule has 1 heterocycles. The van der Waals surface area contributed by atoms with Gasteiger partial charge in [-0.1, -0.05) is 12.1 Å². The summed E-state index contributed by atoms with van der Waals surface area (Å²) in [5.41, 5.74) is 3.63. The maximum Gasteiger partial charge on any atom is 0.211 e. The Bertz CT molecular complexity index is 683. The predicted octanol–water partition coefficient (Wildman–Crippen LogP) is 2.28. The minimum absolute atomic E-state index is 0.0739. The van der Waals surface area contributed by atoms with Gasteiger partial charge in [0.15, 0.2) is 0 Å². The van der Waals surface area contributed by atoms with E-state index >= 15 is 0 Å². The number of aryl methyl sites for hydroxylation is 2. The smallest absolute Gasteiger partial charge is 0.211 e. The molecule has 1 aromatic heterocycles. The summed E-state index contributed by atoms with van der Waals surface area (Å²) in [6, 6.07) is 11.2. The molecular formula is C15H10N2O. The largest absolute Gasteiger partial charge is 0.287 e. The SMILES string of the molecule is N#Cc1ccc2c(c1)C(=O)c1ncccc1CC2. The second kappa shape index (κ2) is 4.08. The molecule has 0 unspecified atom stereocenters. The van der Waals surface area contributed by atoms with E-state index in [1.165, 1.54) is 0 Å². The highest BCUT2D eigenvalue weighted by Gasteiger charge is 2.22. The van der Waals surface area contributed by atoms with Crippen LogP contribution in [0.4, 0.5) is 0 Å². The highest BCUT2D eigenvalue weighted by Crippen LogP contribution is 2.23. The number of nitriles is 1. The summed E-state index contributed by atoms with van der Waals surface area (Å²) in [6.07, 6.45) is 3.26. The van der Waals surface area contributed by atoms with Crippen molar-refractivity contribution in [1.29, 1.82) is 5.26 Å². The van der Waals surface area contributed by atoms with E-state index in [1.54, 1.807) is 18.3 Å². The Morgan fingerprint density at radius 3 is 2.83 bits per heavy atom. The molecule has 0 fully saturated rings. The molecule has 2 aromatic rings. The lowest BCUT2D eigenvalue weighted by molar-refractivity contribution is 0.103. The molecular weight excluding hydrogens is 224 g/mol. The zero-order chi connectivity index (χ0) is 12.5. The fourth-order valence-electron chi connectivity index (χ4n) is 2.32. The van der Waals surface area contributed by atoms with E-state index in [2.05, 4.69) is 11.1 Å². The highest BCUT2D eigenvalue weighted by molar-refractivity contribution is 6.10. The second-order valence-electron chi connectivity index (χ2n) is 4.32. The number of ketones is 1. The number of benzene rings is 1. The maximum atomic E-state index is 12.4. The molecule has 0 bridgehead atoms. The van der Waals surface area contributed by atoms with Crippen molar-refractivity contribution in [2.24, 2.45) is 0 Å². The Kier molecular flexibility index (Phi) is 2.42. The Hall–Kier alpha value is -2.47. The maximum absolute atomic E-state index is 12.4. The molecule has 0 atom stereocenters. The lowest BCUT2D eigenvalue weighted by Gasteiger charge is -2.04. The van der Waals surface area contributed by atoms with E-state index in [9.17, 15) is 4.79 Å². The summed E-state index contributed by atoms with van der Waals surface area (Å²) in [6.45, 7) is 0. The molecule has 1 aromatic carbocycles. The molecule has 0 spiro atoms. The van der Waals surface area contributed by atoms with Gasteiger partial charge in [-0.15, -0.1) is 0 Å². The molecule has 0 amide bonds. The number of hydrogen-bond donors (Lipinski definition) is 0. The van der Waals surface area contributed by atoms with Crippen molar-refractivity contribution >= 4 is 5.78 Å². The summed E-state index contributed by atoms with van der Waals surface area (Å²) < 4.78 is 0. The van der Waals surface area contributed by atoms with Crippen LogP contribution in [-0.2, 0) is 12.8 Å². The van der Waals surface area contributed by atoms with Gasteiger partial charge in [0.2, 0.25) is 5.78 Å². The van der Waals surface area contributed by atoms with Crippen LogP contribution in [-0.4, -0.2) is 10.8 Å². The van der Waals surface area contributed by atoms with Gasteiger partial charge in [-0.25, -0.2) is 0 Å². The Morgan fingerprint density at radius 2 is 2.00 bits per heavy atom. The summed E-state index contributed by atoms with van der Waals surface area (Å²) in [4.78, 5) is 16.6. The number of fused-ring (bicyclic) bond motifs is 2. The first kappa shape index (κ1) is 10.7. The topological polar surface area (TPSA) is 53.8 Å². The van der Waals surface area contributed by atoms with Crippen LogP contribution < -0.4 is 0 Å². The Labute approximate surface area is 105 Å². The van der Waals surface area contributed by atoms with E-state index in [0.29, 0.717) is 16.8 Å². The van der Waals surface area contributed by atoms with Crippen molar-refractivity contribution in [3.63, 3.8) is 0 Å². The first-order chi connectivity index (χ1) is 8.79. The van der Waals surface area contributed by atoms with Gasteiger partial charge in [-0.2, -0.15) is 5.26 Å². The highest BCUT2D eigenvalue weighted by atomic mass is 16.1. The van der Waals surface area contributed by atoms with Crippen LogP contribution in [0.2, 0.25) is 0 Å². The van der Waals surface area contributed by atoms with Crippen LogP contribution in [0.25, 0.3) is 0 Å². The van der Waals surface area contributed by atoms with Gasteiger partial charge in [0, 0.05) is 11.8 Å². The first-order valence-electron chi connectivity index (χ1n) is 5.81. The average molecular weight is 234 g/mol. The first-order valence-corrected chi connectivity index (χ1v) is 5.81. The van der Waals surface area contributed by atoms with E-state index < -0.39 is 0 Å². The van der Waals surface area contributed by atoms with Crippen LogP contribution in [0.1, 0.15) is 32.7 Å². The molecule has 3 nitrogen and oxygen atoms in total.